The fourth-order valence-electron chi connectivity index (χ4n) is 3.19. The average molecular weight is 325 g/mol. The minimum atomic E-state index is -0.144. The number of fused-ring (bicyclic) bond motifs is 1. The molecule has 6 heteroatoms. The zero-order valence-corrected chi connectivity index (χ0v) is 14.7. The molecule has 2 aromatic rings. The van der Waals surface area contributed by atoms with Gasteiger partial charge in [0.2, 0.25) is 5.95 Å². The van der Waals surface area contributed by atoms with Crippen molar-refractivity contribution >= 4 is 17.5 Å². The van der Waals surface area contributed by atoms with Gasteiger partial charge in [0.1, 0.15) is 6.33 Å². The van der Waals surface area contributed by atoms with Crippen molar-refractivity contribution in [1.82, 2.24) is 14.8 Å². The first-order chi connectivity index (χ1) is 11.4. The van der Waals surface area contributed by atoms with Gasteiger partial charge < -0.3 is 10.6 Å². The predicted octanol–water partition coefficient (Wildman–Crippen LogP) is 3.43. The topological polar surface area (TPSA) is 71.8 Å². The molecule has 1 aliphatic rings. The highest BCUT2D eigenvalue weighted by atomic mass is 16.1. The van der Waals surface area contributed by atoms with Crippen LogP contribution in [0.15, 0.2) is 35.8 Å². The van der Waals surface area contributed by atoms with E-state index in [9.17, 15) is 4.79 Å². The van der Waals surface area contributed by atoms with E-state index in [4.69, 9.17) is 0 Å². The highest BCUT2D eigenvalue weighted by Gasteiger charge is 2.34. The molecule has 1 amide bonds. The monoisotopic (exact) mass is 325 g/mol. The number of allylic oxidation sites excluding steroid dienone is 1. The lowest BCUT2D eigenvalue weighted by molar-refractivity contribution is -0.113. The molecule has 2 N–H and O–H groups in total. The molecule has 0 fully saturated rings. The molecule has 126 valence electrons. The lowest BCUT2D eigenvalue weighted by atomic mass is 9.92. The Morgan fingerprint density at radius 3 is 2.71 bits per heavy atom. The molecular formula is C18H23N5O. The Morgan fingerprint density at radius 1 is 1.29 bits per heavy atom. The molecule has 1 aromatic carbocycles. The molecule has 1 aromatic heterocycles. The number of aryl methyl sites for hydroxylation is 2. The Balaban J connectivity index is 1.95. The van der Waals surface area contributed by atoms with Crippen molar-refractivity contribution in [3.05, 3.63) is 46.9 Å². The molecule has 6 nitrogen and oxygen atoms in total. The third-order valence-corrected chi connectivity index (χ3v) is 4.34. The number of aromatic nitrogens is 3. The van der Waals surface area contributed by atoms with Crippen LogP contribution in [0.25, 0.3) is 0 Å². The van der Waals surface area contributed by atoms with E-state index in [1.807, 2.05) is 32.9 Å². The number of hydrogen-bond acceptors (Lipinski definition) is 4. The molecule has 0 spiro atoms. The summed E-state index contributed by atoms with van der Waals surface area (Å²) in [6.07, 6.45) is 1.51. The first-order valence-corrected chi connectivity index (χ1v) is 8.14. The van der Waals surface area contributed by atoms with E-state index in [1.54, 1.807) is 4.68 Å². The SMILES string of the molecule is CC1=C(C(=O)Nc2ccc(C)cc2C)C(C(C)C)n2ncnc2N1. The Hall–Kier alpha value is -2.63. The van der Waals surface area contributed by atoms with Crippen LogP contribution >= 0.6 is 0 Å². The number of nitrogens with one attached hydrogen (secondary N) is 2. The summed E-state index contributed by atoms with van der Waals surface area (Å²) in [6.45, 7) is 10.1. The molecule has 1 aliphatic heterocycles. The molecule has 0 bridgehead atoms. The number of benzene rings is 1. The van der Waals surface area contributed by atoms with Crippen molar-refractivity contribution in [2.24, 2.45) is 5.92 Å². The maximum Gasteiger partial charge on any atom is 0.255 e. The van der Waals surface area contributed by atoms with Crippen LogP contribution in [0.2, 0.25) is 0 Å². The third kappa shape index (κ3) is 2.79. The Bertz CT molecular complexity index is 819. The lowest BCUT2D eigenvalue weighted by Gasteiger charge is -2.31. The zero-order chi connectivity index (χ0) is 17.4. The van der Waals surface area contributed by atoms with E-state index in [-0.39, 0.29) is 17.9 Å². The van der Waals surface area contributed by atoms with Gasteiger partial charge in [0.05, 0.1) is 11.6 Å². The van der Waals surface area contributed by atoms with Crippen LogP contribution in [-0.4, -0.2) is 20.7 Å². The summed E-state index contributed by atoms with van der Waals surface area (Å²) in [5.74, 6) is 0.781. The number of hydrogen-bond donors (Lipinski definition) is 2. The predicted molar refractivity (Wildman–Crippen MR) is 94.8 cm³/mol. The molecule has 0 saturated carbocycles. The highest BCUT2D eigenvalue weighted by molar-refractivity contribution is 6.05. The average Bonchev–Trinajstić information content (AvgIpc) is 2.95. The number of nitrogens with zero attached hydrogens (tertiary/aromatic N) is 3. The van der Waals surface area contributed by atoms with Crippen LogP contribution < -0.4 is 10.6 Å². The van der Waals surface area contributed by atoms with E-state index < -0.39 is 0 Å². The van der Waals surface area contributed by atoms with Crippen LogP contribution in [0.3, 0.4) is 0 Å². The van der Waals surface area contributed by atoms with Crippen LogP contribution in [0.1, 0.15) is 37.9 Å². The Labute approximate surface area is 142 Å². The number of carbonyl (C=O) groups excluding carboxylic acids is 1. The van der Waals surface area contributed by atoms with Gasteiger partial charge in [0, 0.05) is 11.4 Å². The van der Waals surface area contributed by atoms with Crippen LogP contribution in [0.5, 0.6) is 0 Å². The fourth-order valence-corrected chi connectivity index (χ4v) is 3.19. The number of anilines is 2. The maximum absolute atomic E-state index is 13.0. The van der Waals surface area contributed by atoms with Crippen molar-refractivity contribution in [3.63, 3.8) is 0 Å². The second kappa shape index (κ2) is 6.11. The second-order valence-electron chi connectivity index (χ2n) is 6.65. The number of rotatable bonds is 3. The maximum atomic E-state index is 13.0. The smallest absolute Gasteiger partial charge is 0.255 e. The normalized spacial score (nSPS) is 16.8. The molecule has 2 heterocycles. The molecule has 1 atom stereocenters. The van der Waals surface area contributed by atoms with Crippen molar-refractivity contribution < 1.29 is 4.79 Å². The molecule has 0 radical (unpaired) electrons. The van der Waals surface area contributed by atoms with E-state index in [0.29, 0.717) is 11.5 Å². The lowest BCUT2D eigenvalue weighted by Crippen LogP contribution is -2.33. The fraction of sp³-hybridized carbons (Fsp3) is 0.389. The summed E-state index contributed by atoms with van der Waals surface area (Å²) in [7, 11) is 0. The van der Waals surface area contributed by atoms with Gasteiger partial charge in [-0.3, -0.25) is 4.79 Å². The van der Waals surface area contributed by atoms with Crippen molar-refractivity contribution in [2.45, 2.75) is 40.7 Å². The van der Waals surface area contributed by atoms with Crippen LogP contribution in [0.4, 0.5) is 11.6 Å². The summed E-state index contributed by atoms with van der Waals surface area (Å²) >= 11 is 0. The third-order valence-electron chi connectivity index (χ3n) is 4.34. The van der Waals surface area contributed by atoms with E-state index in [2.05, 4.69) is 40.6 Å². The largest absolute Gasteiger partial charge is 0.328 e. The minimum Gasteiger partial charge on any atom is -0.328 e. The van der Waals surface area contributed by atoms with E-state index in [0.717, 1.165) is 16.9 Å². The summed E-state index contributed by atoms with van der Waals surface area (Å²) < 4.78 is 1.79. The summed E-state index contributed by atoms with van der Waals surface area (Å²) in [5, 5.41) is 10.5. The molecule has 24 heavy (non-hydrogen) atoms. The Kier molecular flexibility index (Phi) is 4.13. The van der Waals surface area contributed by atoms with Gasteiger partial charge in [-0.1, -0.05) is 31.5 Å². The van der Waals surface area contributed by atoms with Gasteiger partial charge >= 0.3 is 0 Å². The van der Waals surface area contributed by atoms with E-state index in [1.165, 1.54) is 11.9 Å². The molecule has 3 rings (SSSR count). The summed E-state index contributed by atoms with van der Waals surface area (Å²) in [4.78, 5) is 17.2. The molecule has 1 unspecified atom stereocenters. The summed E-state index contributed by atoms with van der Waals surface area (Å²) in [6, 6.07) is 5.86. The number of carbonyl (C=O) groups is 1. The van der Waals surface area contributed by atoms with Gasteiger partial charge in [-0.05, 0) is 38.3 Å². The first-order valence-electron chi connectivity index (χ1n) is 8.14. The molecule has 0 saturated heterocycles. The van der Waals surface area contributed by atoms with Crippen LogP contribution in [-0.2, 0) is 4.79 Å². The highest BCUT2D eigenvalue weighted by Crippen LogP contribution is 2.35. The number of amides is 1. The second-order valence-corrected chi connectivity index (χ2v) is 6.65. The first kappa shape index (κ1) is 16.2. The van der Waals surface area contributed by atoms with E-state index >= 15 is 0 Å². The van der Waals surface area contributed by atoms with Gasteiger partial charge in [0.15, 0.2) is 0 Å². The quantitative estimate of drug-likeness (QED) is 0.907. The van der Waals surface area contributed by atoms with Gasteiger partial charge in [-0.2, -0.15) is 10.1 Å². The molecular weight excluding hydrogens is 302 g/mol. The van der Waals surface area contributed by atoms with Gasteiger partial charge in [0.25, 0.3) is 5.91 Å². The Morgan fingerprint density at radius 2 is 2.04 bits per heavy atom. The molecule has 0 aliphatic carbocycles. The van der Waals surface area contributed by atoms with Crippen molar-refractivity contribution in [2.75, 3.05) is 10.6 Å². The standard InChI is InChI=1S/C18H23N5O/c1-10(2)16-15(13(5)21-18-19-9-20-23(16)18)17(24)22-14-7-6-11(3)8-12(14)4/h6-10,16H,1-5H3,(H,22,24)(H,19,20,21). The van der Waals surface area contributed by atoms with Crippen molar-refractivity contribution in [3.8, 4) is 0 Å². The van der Waals surface area contributed by atoms with Crippen LogP contribution in [0, 0.1) is 19.8 Å². The van der Waals surface area contributed by atoms with Gasteiger partial charge in [-0.15, -0.1) is 0 Å². The zero-order valence-electron chi connectivity index (χ0n) is 14.7. The summed E-state index contributed by atoms with van der Waals surface area (Å²) in [5.41, 5.74) is 4.57. The minimum absolute atomic E-state index is 0.105. The van der Waals surface area contributed by atoms with Gasteiger partial charge in [-0.25, -0.2) is 4.68 Å². The van der Waals surface area contributed by atoms with Crippen molar-refractivity contribution in [1.29, 1.82) is 0 Å².